The molecule has 0 fully saturated rings. The van der Waals surface area contributed by atoms with Gasteiger partial charge in [0.1, 0.15) is 0 Å². The molecule has 2 nitrogen and oxygen atoms in total. The Morgan fingerprint density at radius 1 is 1.17 bits per heavy atom. The van der Waals surface area contributed by atoms with Crippen LogP contribution in [0, 0.1) is 0 Å². The second kappa shape index (κ2) is 6.92. The summed E-state index contributed by atoms with van der Waals surface area (Å²) < 4.78 is 0. The highest BCUT2D eigenvalue weighted by atomic mass is 16.3. The van der Waals surface area contributed by atoms with E-state index < -0.39 is 5.60 Å². The Hall–Kier alpha value is -1.67. The number of aliphatic hydroxyl groups is 1. The number of Topliss-reactive ketones (excluding diaryl/α,β-unsaturated/α-hetero) is 1. The molecule has 0 bridgehead atoms. The van der Waals surface area contributed by atoms with E-state index in [-0.39, 0.29) is 5.78 Å². The average molecular weight is 244 g/mol. The van der Waals surface area contributed by atoms with Gasteiger partial charge in [0.05, 0.1) is 5.60 Å². The van der Waals surface area contributed by atoms with Gasteiger partial charge in [0, 0.05) is 12.0 Å². The van der Waals surface area contributed by atoms with E-state index in [1.807, 2.05) is 18.2 Å². The zero-order chi connectivity index (χ0) is 13.4. The maximum absolute atomic E-state index is 11.9. The van der Waals surface area contributed by atoms with Gasteiger partial charge in [-0.2, -0.15) is 0 Å². The lowest BCUT2D eigenvalue weighted by Crippen LogP contribution is -2.28. The summed E-state index contributed by atoms with van der Waals surface area (Å²) in [6.45, 7) is 7.27. The quantitative estimate of drug-likeness (QED) is 0.561. The molecule has 1 aromatic carbocycles. The molecule has 0 saturated heterocycles. The molecule has 0 atom stereocenters. The van der Waals surface area contributed by atoms with E-state index in [0.717, 1.165) is 0 Å². The summed E-state index contributed by atoms with van der Waals surface area (Å²) in [6.07, 6.45) is 5.07. The summed E-state index contributed by atoms with van der Waals surface area (Å²) >= 11 is 0. The molecule has 0 aliphatic rings. The molecule has 18 heavy (non-hydrogen) atoms. The largest absolute Gasteiger partial charge is 0.389 e. The van der Waals surface area contributed by atoms with E-state index in [0.29, 0.717) is 31.2 Å². The fraction of sp³-hybridized carbons (Fsp3) is 0.312. The van der Waals surface area contributed by atoms with Gasteiger partial charge < -0.3 is 5.11 Å². The van der Waals surface area contributed by atoms with Crippen molar-refractivity contribution in [2.75, 3.05) is 0 Å². The van der Waals surface area contributed by atoms with Crippen LogP contribution in [0.15, 0.2) is 55.6 Å². The number of hydrogen-bond acceptors (Lipinski definition) is 2. The van der Waals surface area contributed by atoms with Gasteiger partial charge in [0.15, 0.2) is 5.78 Å². The molecule has 1 rings (SSSR count). The van der Waals surface area contributed by atoms with Crippen molar-refractivity contribution < 1.29 is 9.90 Å². The van der Waals surface area contributed by atoms with Gasteiger partial charge >= 0.3 is 0 Å². The van der Waals surface area contributed by atoms with E-state index in [4.69, 9.17) is 0 Å². The van der Waals surface area contributed by atoms with E-state index >= 15 is 0 Å². The molecule has 1 aromatic rings. The zero-order valence-corrected chi connectivity index (χ0v) is 10.6. The number of carbonyl (C=O) groups is 1. The average Bonchev–Trinajstić information content (AvgIpc) is 2.38. The van der Waals surface area contributed by atoms with E-state index in [9.17, 15) is 9.90 Å². The van der Waals surface area contributed by atoms with Crippen LogP contribution < -0.4 is 0 Å². The second-order valence-corrected chi connectivity index (χ2v) is 4.50. The third-order valence-electron chi connectivity index (χ3n) is 2.96. The number of rotatable bonds is 8. The van der Waals surface area contributed by atoms with Crippen molar-refractivity contribution in [2.24, 2.45) is 0 Å². The van der Waals surface area contributed by atoms with Gasteiger partial charge in [-0.1, -0.05) is 42.5 Å². The number of carbonyl (C=O) groups excluding carboxylic acids is 1. The van der Waals surface area contributed by atoms with Crippen molar-refractivity contribution in [3.63, 3.8) is 0 Å². The maximum atomic E-state index is 11.9. The smallest absolute Gasteiger partial charge is 0.162 e. The Morgan fingerprint density at radius 3 is 2.22 bits per heavy atom. The Balaban J connectivity index is 2.60. The van der Waals surface area contributed by atoms with Crippen LogP contribution >= 0.6 is 0 Å². The van der Waals surface area contributed by atoms with Crippen LogP contribution in [0.3, 0.4) is 0 Å². The minimum Gasteiger partial charge on any atom is -0.389 e. The zero-order valence-electron chi connectivity index (χ0n) is 10.6. The van der Waals surface area contributed by atoms with E-state index in [1.54, 1.807) is 24.3 Å². The first-order chi connectivity index (χ1) is 8.61. The van der Waals surface area contributed by atoms with Gasteiger partial charge in [-0.3, -0.25) is 4.79 Å². The first-order valence-electron chi connectivity index (χ1n) is 6.14. The summed E-state index contributed by atoms with van der Waals surface area (Å²) in [4.78, 5) is 11.9. The van der Waals surface area contributed by atoms with Gasteiger partial charge in [-0.15, -0.1) is 13.2 Å². The lowest BCUT2D eigenvalue weighted by atomic mass is 9.88. The number of benzene rings is 1. The third kappa shape index (κ3) is 4.30. The SMILES string of the molecule is C=CCC(O)(CC=C)CCC(=O)c1ccccc1. The Morgan fingerprint density at radius 2 is 1.72 bits per heavy atom. The topological polar surface area (TPSA) is 37.3 Å². The predicted molar refractivity (Wildman–Crippen MR) is 74.6 cm³/mol. The summed E-state index contributed by atoms with van der Waals surface area (Å²) in [5, 5.41) is 10.3. The summed E-state index contributed by atoms with van der Waals surface area (Å²) in [5.74, 6) is 0.0575. The van der Waals surface area contributed by atoms with Gasteiger partial charge in [-0.25, -0.2) is 0 Å². The molecule has 2 heteroatoms. The van der Waals surface area contributed by atoms with Crippen LogP contribution in [0.1, 0.15) is 36.0 Å². The number of hydrogen-bond donors (Lipinski definition) is 1. The first-order valence-corrected chi connectivity index (χ1v) is 6.14. The summed E-state index contributed by atoms with van der Waals surface area (Å²) in [7, 11) is 0. The minimum atomic E-state index is -0.895. The fourth-order valence-corrected chi connectivity index (χ4v) is 1.94. The van der Waals surface area contributed by atoms with Gasteiger partial charge in [-0.05, 0) is 19.3 Å². The van der Waals surface area contributed by atoms with Crippen molar-refractivity contribution in [3.05, 3.63) is 61.2 Å². The molecule has 0 spiro atoms. The molecule has 0 radical (unpaired) electrons. The van der Waals surface area contributed by atoms with Crippen molar-refractivity contribution in [3.8, 4) is 0 Å². The minimum absolute atomic E-state index is 0.0575. The molecule has 1 N–H and O–H groups in total. The molecule has 0 aliphatic heterocycles. The van der Waals surface area contributed by atoms with Crippen LogP contribution in [-0.2, 0) is 0 Å². The monoisotopic (exact) mass is 244 g/mol. The van der Waals surface area contributed by atoms with Crippen LogP contribution in [0.5, 0.6) is 0 Å². The fourth-order valence-electron chi connectivity index (χ4n) is 1.94. The van der Waals surface area contributed by atoms with Crippen LogP contribution in [0.4, 0.5) is 0 Å². The van der Waals surface area contributed by atoms with E-state index in [2.05, 4.69) is 13.2 Å². The van der Waals surface area contributed by atoms with Crippen molar-refractivity contribution in [2.45, 2.75) is 31.3 Å². The van der Waals surface area contributed by atoms with E-state index in [1.165, 1.54) is 0 Å². The Labute approximate surface area is 109 Å². The van der Waals surface area contributed by atoms with Crippen molar-refractivity contribution >= 4 is 5.78 Å². The molecule has 0 amide bonds. The van der Waals surface area contributed by atoms with Crippen LogP contribution in [0.25, 0.3) is 0 Å². The molecule has 96 valence electrons. The molecule has 0 unspecified atom stereocenters. The summed E-state index contributed by atoms with van der Waals surface area (Å²) in [5.41, 5.74) is -0.203. The standard InChI is InChI=1S/C16H20O2/c1-3-11-16(18,12-4-2)13-10-15(17)14-8-6-5-7-9-14/h3-9,18H,1-2,10-13H2. The molecule has 0 aromatic heterocycles. The molecule has 0 aliphatic carbocycles. The molecular weight excluding hydrogens is 224 g/mol. The van der Waals surface area contributed by atoms with Crippen LogP contribution in [0.2, 0.25) is 0 Å². The molecule has 0 saturated carbocycles. The van der Waals surface area contributed by atoms with Crippen molar-refractivity contribution in [1.82, 2.24) is 0 Å². The highest BCUT2D eigenvalue weighted by Gasteiger charge is 2.24. The second-order valence-electron chi connectivity index (χ2n) is 4.50. The maximum Gasteiger partial charge on any atom is 0.162 e. The van der Waals surface area contributed by atoms with Gasteiger partial charge in [0.25, 0.3) is 0 Å². The molecule has 0 heterocycles. The Bertz CT molecular complexity index is 396. The van der Waals surface area contributed by atoms with Gasteiger partial charge in [0.2, 0.25) is 0 Å². The summed E-state index contributed by atoms with van der Waals surface area (Å²) in [6, 6.07) is 9.15. The third-order valence-corrected chi connectivity index (χ3v) is 2.96. The van der Waals surface area contributed by atoms with Crippen molar-refractivity contribution in [1.29, 1.82) is 0 Å². The lowest BCUT2D eigenvalue weighted by molar-refractivity contribution is 0.0345. The number of ketones is 1. The van der Waals surface area contributed by atoms with Crippen LogP contribution in [-0.4, -0.2) is 16.5 Å². The Kier molecular flexibility index (Phi) is 5.53. The first kappa shape index (κ1) is 14.4. The normalized spacial score (nSPS) is 10.9. The lowest BCUT2D eigenvalue weighted by Gasteiger charge is -2.25. The predicted octanol–water partition coefficient (Wildman–Crippen LogP) is 3.53. The molecular formula is C16H20O2. The highest BCUT2D eigenvalue weighted by Crippen LogP contribution is 2.23. The highest BCUT2D eigenvalue weighted by molar-refractivity contribution is 5.96.